The van der Waals surface area contributed by atoms with Gasteiger partial charge in [-0.3, -0.25) is 14.9 Å². The Morgan fingerprint density at radius 1 is 1.06 bits per heavy atom. The van der Waals surface area contributed by atoms with Crippen molar-refractivity contribution in [2.45, 2.75) is 44.4 Å². The van der Waals surface area contributed by atoms with Crippen molar-refractivity contribution in [3.05, 3.63) is 60.3 Å². The summed E-state index contributed by atoms with van der Waals surface area (Å²) in [7, 11) is 12.2. The van der Waals surface area contributed by atoms with E-state index in [1.54, 1.807) is 18.2 Å². The van der Waals surface area contributed by atoms with Crippen LogP contribution >= 0.6 is 0 Å². The summed E-state index contributed by atoms with van der Waals surface area (Å²) in [5.41, 5.74) is 0.514. The van der Waals surface area contributed by atoms with Gasteiger partial charge in [-0.25, -0.2) is 9.78 Å². The molecule has 3 aromatic heterocycles. The van der Waals surface area contributed by atoms with Gasteiger partial charge in [-0.2, -0.15) is 18.2 Å². The van der Waals surface area contributed by atoms with Crippen molar-refractivity contribution in [1.82, 2.24) is 25.3 Å². The second-order valence-electron chi connectivity index (χ2n) is 8.93. The van der Waals surface area contributed by atoms with E-state index in [-0.39, 0.29) is 17.9 Å². The normalized spacial score (nSPS) is 18.2. The minimum Gasteiger partial charge on any atom is -0.347 e. The monoisotopic (exact) mass is 491 g/mol. The van der Waals surface area contributed by atoms with E-state index in [0.29, 0.717) is 22.6 Å². The van der Waals surface area contributed by atoms with Crippen molar-refractivity contribution in [2.75, 3.05) is 10.2 Å². The van der Waals surface area contributed by atoms with E-state index in [1.165, 1.54) is 23.4 Å². The van der Waals surface area contributed by atoms with Crippen LogP contribution < -0.4 is 15.5 Å². The summed E-state index contributed by atoms with van der Waals surface area (Å²) in [6.07, 6.45) is -0.418. The molecule has 1 saturated heterocycles. The average Bonchev–Trinajstić information content (AvgIpc) is 3.07. The first-order chi connectivity index (χ1) is 16.9. The molecule has 1 fully saturated rings. The summed E-state index contributed by atoms with van der Waals surface area (Å²) < 4.78 is 38.9. The van der Waals surface area contributed by atoms with Gasteiger partial charge in [0.1, 0.15) is 11.5 Å². The van der Waals surface area contributed by atoms with Gasteiger partial charge in [-0.05, 0) is 48.0 Å². The Bertz CT molecular complexity index is 1250. The molecule has 36 heavy (non-hydrogen) atoms. The zero-order chi connectivity index (χ0) is 26.3. The number of anilines is 2. The first kappa shape index (κ1) is 25.5. The van der Waals surface area contributed by atoms with Crippen LogP contribution in [0, 0.1) is 5.92 Å². The number of aromatic nitrogens is 4. The van der Waals surface area contributed by atoms with Crippen LogP contribution in [0.15, 0.2) is 48.9 Å². The van der Waals surface area contributed by atoms with E-state index in [0.717, 1.165) is 12.3 Å². The molecule has 13 heteroatoms. The predicted molar refractivity (Wildman–Crippen MR) is 130 cm³/mol. The number of nitrogens with one attached hydrogen (secondary N) is 2. The number of carbonyl (C=O) groups is 1. The molecule has 0 spiro atoms. The molecule has 0 saturated carbocycles. The van der Waals surface area contributed by atoms with Crippen LogP contribution in [0.1, 0.15) is 38.2 Å². The maximum absolute atomic E-state index is 13.0. The van der Waals surface area contributed by atoms with Gasteiger partial charge in [-0.15, -0.1) is 0 Å². The van der Waals surface area contributed by atoms with Crippen molar-refractivity contribution >= 4 is 33.5 Å². The summed E-state index contributed by atoms with van der Waals surface area (Å²) in [6, 6.07) is 6.08. The zero-order valence-corrected chi connectivity index (χ0v) is 19.8. The summed E-state index contributed by atoms with van der Waals surface area (Å²) in [4.78, 5) is 30.4. The molecule has 3 aromatic rings. The molecule has 1 aliphatic heterocycles. The number of urea groups is 1. The van der Waals surface area contributed by atoms with Crippen LogP contribution in [-0.2, 0) is 6.18 Å². The number of alkyl halides is 3. The van der Waals surface area contributed by atoms with Crippen LogP contribution in [0.25, 0.3) is 11.1 Å². The smallest absolute Gasteiger partial charge is 0.347 e. The van der Waals surface area contributed by atoms with Gasteiger partial charge >= 0.3 is 12.2 Å². The lowest BCUT2D eigenvalue weighted by molar-refractivity contribution is -0.141. The maximum atomic E-state index is 13.0. The number of pyridine rings is 2. The zero-order valence-electron chi connectivity index (χ0n) is 19.8. The molecule has 182 valence electrons. The highest BCUT2D eigenvalue weighted by Crippen LogP contribution is 2.32. The van der Waals surface area contributed by atoms with Gasteiger partial charge in [-0.1, -0.05) is 19.9 Å². The van der Waals surface area contributed by atoms with Crippen molar-refractivity contribution in [3.8, 4) is 11.1 Å². The molecule has 4 radical (unpaired) electrons. The van der Waals surface area contributed by atoms with E-state index in [4.69, 9.17) is 15.7 Å². The maximum Gasteiger partial charge on any atom is 0.433 e. The Balaban J connectivity index is 1.51. The van der Waals surface area contributed by atoms with Crippen molar-refractivity contribution < 1.29 is 18.0 Å². The Kier molecular flexibility index (Phi) is 6.67. The van der Waals surface area contributed by atoms with Crippen molar-refractivity contribution in [1.29, 1.82) is 0 Å². The Labute approximate surface area is 209 Å². The minimum atomic E-state index is -4.53. The van der Waals surface area contributed by atoms with Gasteiger partial charge in [0, 0.05) is 30.2 Å². The topological polar surface area (TPSA) is 95.9 Å². The quantitative estimate of drug-likeness (QED) is 0.512. The second-order valence-corrected chi connectivity index (χ2v) is 8.93. The molecule has 2 amide bonds. The standard InChI is InChI=1S/C23H22B2F3N7O/c1-12(2)19-22(24,25)34-21(36)35(19)18-7-9-30-20(33-18)32-13(3)16-5-4-15(11-31-16)14-6-8-29-17(10-14)23(26,27)28/h4-13,19H,1-3H3,(H,34,36)(H,30,32,33)/t13-,19?/m0/s1. The third kappa shape index (κ3) is 5.14. The second kappa shape index (κ2) is 9.44. The fourth-order valence-electron chi connectivity index (χ4n) is 4.17. The highest BCUT2D eigenvalue weighted by molar-refractivity contribution is 6.43. The number of hydrogen-bond donors (Lipinski definition) is 2. The highest BCUT2D eigenvalue weighted by atomic mass is 19.4. The van der Waals surface area contributed by atoms with Crippen LogP contribution in [0.4, 0.5) is 29.7 Å². The lowest BCUT2D eigenvalue weighted by atomic mass is 9.56. The summed E-state index contributed by atoms with van der Waals surface area (Å²) >= 11 is 0. The van der Waals surface area contributed by atoms with Gasteiger partial charge < -0.3 is 10.6 Å². The number of halogens is 3. The lowest BCUT2D eigenvalue weighted by Crippen LogP contribution is -2.53. The molecular formula is C23H22B2F3N7O. The molecule has 1 unspecified atom stereocenters. The number of nitrogens with zero attached hydrogens (tertiary/aromatic N) is 5. The molecule has 4 rings (SSSR count). The number of carbonyl (C=O) groups excluding carboxylic acids is 1. The molecule has 0 aromatic carbocycles. The summed E-state index contributed by atoms with van der Waals surface area (Å²) in [5.74, 6) is 0.520. The SMILES string of the molecule is [B]C1([B])NC(=O)N(c2ccnc(N[C@@H](C)c3ccc(-c4ccnc(C(F)(F)F)c4)cn3)n2)C1C(C)C. The first-order valence-corrected chi connectivity index (χ1v) is 11.1. The van der Waals surface area contributed by atoms with Crippen LogP contribution in [0.5, 0.6) is 0 Å². The summed E-state index contributed by atoms with van der Waals surface area (Å²) in [5, 5.41) is 4.28. The average molecular weight is 491 g/mol. The Hall–Kier alpha value is -3.63. The first-order valence-electron chi connectivity index (χ1n) is 11.1. The fraction of sp³-hybridized carbons (Fsp3) is 0.348. The van der Waals surface area contributed by atoms with Gasteiger partial charge in [0.25, 0.3) is 0 Å². The minimum absolute atomic E-state index is 0.0560. The Morgan fingerprint density at radius 2 is 1.78 bits per heavy atom. The van der Waals surface area contributed by atoms with Gasteiger partial charge in [0.05, 0.1) is 27.4 Å². The van der Waals surface area contributed by atoms with Crippen LogP contribution in [-0.4, -0.2) is 53.0 Å². The molecule has 0 aliphatic carbocycles. The summed E-state index contributed by atoms with van der Waals surface area (Å²) in [6.45, 7) is 5.64. The van der Waals surface area contributed by atoms with E-state index in [1.807, 2.05) is 20.8 Å². The van der Waals surface area contributed by atoms with E-state index in [9.17, 15) is 18.0 Å². The molecule has 1 aliphatic rings. The van der Waals surface area contributed by atoms with Crippen LogP contribution in [0.2, 0.25) is 0 Å². The van der Waals surface area contributed by atoms with Gasteiger partial charge in [0.15, 0.2) is 0 Å². The number of hydrogen-bond acceptors (Lipinski definition) is 6. The number of rotatable bonds is 6. The van der Waals surface area contributed by atoms with Gasteiger partial charge in [0.2, 0.25) is 5.95 Å². The van der Waals surface area contributed by atoms with E-state index < -0.39 is 29.3 Å². The molecule has 0 bridgehead atoms. The Morgan fingerprint density at radius 3 is 2.42 bits per heavy atom. The highest BCUT2D eigenvalue weighted by Gasteiger charge is 2.46. The van der Waals surface area contributed by atoms with Crippen molar-refractivity contribution in [3.63, 3.8) is 0 Å². The van der Waals surface area contributed by atoms with E-state index in [2.05, 4.69) is 30.6 Å². The fourth-order valence-corrected chi connectivity index (χ4v) is 4.17. The van der Waals surface area contributed by atoms with Crippen LogP contribution in [0.3, 0.4) is 0 Å². The third-order valence-corrected chi connectivity index (χ3v) is 5.79. The lowest BCUT2D eigenvalue weighted by Gasteiger charge is -2.34. The molecule has 2 atom stereocenters. The largest absolute Gasteiger partial charge is 0.433 e. The predicted octanol–water partition coefficient (Wildman–Crippen LogP) is 3.67. The number of amides is 2. The van der Waals surface area contributed by atoms with E-state index >= 15 is 0 Å². The molecular weight excluding hydrogens is 469 g/mol. The molecule has 8 nitrogen and oxygen atoms in total. The third-order valence-electron chi connectivity index (χ3n) is 5.79. The molecule has 4 heterocycles. The van der Waals surface area contributed by atoms with Crippen molar-refractivity contribution in [2.24, 2.45) is 5.92 Å². The molecule has 2 N–H and O–H groups in total.